The molecule has 166 valence electrons. The number of allylic oxidation sites excluding steroid dienone is 2. The highest BCUT2D eigenvalue weighted by Crippen LogP contribution is 2.28. The summed E-state index contributed by atoms with van der Waals surface area (Å²) in [5, 5.41) is 3.00. The van der Waals surface area contributed by atoms with E-state index in [0.717, 1.165) is 30.6 Å². The van der Waals surface area contributed by atoms with E-state index in [-0.39, 0.29) is 17.7 Å². The molecule has 1 aromatic rings. The van der Waals surface area contributed by atoms with E-state index in [2.05, 4.69) is 45.2 Å². The normalized spacial score (nSPS) is 23.3. The third kappa shape index (κ3) is 7.51. The van der Waals surface area contributed by atoms with E-state index in [1.807, 2.05) is 24.3 Å². The van der Waals surface area contributed by atoms with E-state index in [4.69, 9.17) is 9.47 Å². The Morgan fingerprint density at radius 3 is 2.53 bits per heavy atom. The van der Waals surface area contributed by atoms with Crippen LogP contribution in [-0.2, 0) is 20.7 Å². The van der Waals surface area contributed by atoms with Crippen molar-refractivity contribution < 1.29 is 19.1 Å². The van der Waals surface area contributed by atoms with E-state index in [0.29, 0.717) is 24.9 Å². The first-order valence-corrected chi connectivity index (χ1v) is 11.1. The van der Waals surface area contributed by atoms with Crippen molar-refractivity contribution in [3.05, 3.63) is 42.0 Å². The lowest BCUT2D eigenvalue weighted by atomic mass is 9.81. The molecular weight excluding hydrogens is 378 g/mol. The lowest BCUT2D eigenvalue weighted by Crippen LogP contribution is -2.47. The SMILES string of the molecule is COC(=O)[C@@H]1Cc2ccc(cc2)OCCC[C@H](/C=C/C(C)C)[C@@H](CC(C)C)C(=O)N1. The third-order valence-electron chi connectivity index (χ3n) is 5.44. The van der Waals surface area contributed by atoms with Gasteiger partial charge in [0, 0.05) is 12.3 Å². The van der Waals surface area contributed by atoms with Crippen LogP contribution in [0.1, 0.15) is 52.5 Å². The Labute approximate surface area is 181 Å². The van der Waals surface area contributed by atoms with Gasteiger partial charge in [0.05, 0.1) is 13.7 Å². The minimum atomic E-state index is -0.707. The minimum absolute atomic E-state index is 0.0768. The summed E-state index contributed by atoms with van der Waals surface area (Å²) in [6.45, 7) is 9.15. The second-order valence-electron chi connectivity index (χ2n) is 8.95. The summed E-state index contributed by atoms with van der Waals surface area (Å²) in [4.78, 5) is 25.8. The number of carbonyl (C=O) groups is 2. The van der Waals surface area contributed by atoms with Gasteiger partial charge in [0.1, 0.15) is 11.8 Å². The molecular formula is C25H37NO4. The van der Waals surface area contributed by atoms with Crippen LogP contribution in [0.15, 0.2) is 36.4 Å². The van der Waals surface area contributed by atoms with Crippen molar-refractivity contribution in [1.29, 1.82) is 0 Å². The average Bonchev–Trinajstić information content (AvgIpc) is 2.71. The van der Waals surface area contributed by atoms with E-state index < -0.39 is 12.0 Å². The van der Waals surface area contributed by atoms with Gasteiger partial charge in [-0.3, -0.25) is 4.79 Å². The van der Waals surface area contributed by atoms with E-state index in [9.17, 15) is 9.59 Å². The number of nitrogens with one attached hydrogen (secondary N) is 1. The molecule has 5 heteroatoms. The summed E-state index contributed by atoms with van der Waals surface area (Å²) in [5.41, 5.74) is 0.951. The predicted octanol–water partition coefficient (Wildman–Crippen LogP) is 4.55. The Morgan fingerprint density at radius 2 is 1.93 bits per heavy atom. The monoisotopic (exact) mass is 415 g/mol. The number of methoxy groups -OCH3 is 1. The van der Waals surface area contributed by atoms with Crippen LogP contribution in [-0.4, -0.2) is 31.6 Å². The summed E-state index contributed by atoms with van der Waals surface area (Å²) in [6.07, 6.45) is 7.22. The molecule has 1 aromatic carbocycles. The molecule has 0 saturated heterocycles. The topological polar surface area (TPSA) is 64.6 Å². The number of carbonyl (C=O) groups excluding carboxylic acids is 2. The Hall–Kier alpha value is -2.30. The van der Waals surface area contributed by atoms with E-state index >= 15 is 0 Å². The molecule has 0 radical (unpaired) electrons. The first-order valence-electron chi connectivity index (χ1n) is 11.1. The Morgan fingerprint density at radius 1 is 1.23 bits per heavy atom. The Kier molecular flexibility index (Phi) is 9.41. The summed E-state index contributed by atoms with van der Waals surface area (Å²) < 4.78 is 10.9. The standard InChI is InChI=1S/C25H37NO4/c1-17(2)8-11-20-7-6-14-30-21-12-9-19(10-13-21)16-23(25(28)29-5)26-24(27)22(20)15-18(3)4/h8-13,17-18,20,22-23H,6-7,14-16H2,1-5H3,(H,26,27)/b11-8+/t20-,22-,23+/m1/s1. The summed E-state index contributed by atoms with van der Waals surface area (Å²) in [5.74, 6) is 1.01. The van der Waals surface area contributed by atoms with Gasteiger partial charge in [-0.15, -0.1) is 0 Å². The zero-order valence-corrected chi connectivity index (χ0v) is 19.0. The van der Waals surface area contributed by atoms with Gasteiger partial charge in [-0.1, -0.05) is 52.0 Å². The Balaban J connectivity index is 2.37. The molecule has 0 aromatic heterocycles. The smallest absolute Gasteiger partial charge is 0.328 e. The molecule has 2 heterocycles. The molecule has 3 atom stereocenters. The average molecular weight is 416 g/mol. The van der Waals surface area contributed by atoms with Crippen molar-refractivity contribution in [3.8, 4) is 5.75 Å². The summed E-state index contributed by atoms with van der Waals surface area (Å²) in [7, 11) is 1.36. The van der Waals surface area contributed by atoms with Gasteiger partial charge >= 0.3 is 5.97 Å². The largest absolute Gasteiger partial charge is 0.494 e. The van der Waals surface area contributed by atoms with E-state index in [1.54, 1.807) is 0 Å². The van der Waals surface area contributed by atoms with Gasteiger partial charge in [0.15, 0.2) is 0 Å². The molecule has 0 fully saturated rings. The molecule has 1 amide bonds. The number of ether oxygens (including phenoxy) is 2. The zero-order chi connectivity index (χ0) is 22.1. The van der Waals surface area contributed by atoms with Gasteiger partial charge in [-0.05, 0) is 54.7 Å². The van der Waals surface area contributed by atoms with Gasteiger partial charge < -0.3 is 14.8 Å². The molecule has 2 bridgehead atoms. The van der Waals surface area contributed by atoms with Crippen molar-refractivity contribution in [2.75, 3.05) is 13.7 Å². The quantitative estimate of drug-likeness (QED) is 0.566. The second-order valence-corrected chi connectivity index (χ2v) is 8.95. The van der Waals surface area contributed by atoms with Crippen LogP contribution < -0.4 is 10.1 Å². The third-order valence-corrected chi connectivity index (χ3v) is 5.44. The van der Waals surface area contributed by atoms with Gasteiger partial charge in [-0.2, -0.15) is 0 Å². The number of fused-ring (bicyclic) bond motifs is 11. The van der Waals surface area contributed by atoms with Crippen LogP contribution in [0.25, 0.3) is 0 Å². The first kappa shape index (κ1) is 24.0. The molecule has 3 rings (SSSR count). The van der Waals surface area contributed by atoms with Crippen molar-refractivity contribution in [2.45, 2.75) is 59.4 Å². The number of hydrogen-bond donors (Lipinski definition) is 1. The maximum absolute atomic E-state index is 13.4. The molecule has 0 unspecified atom stereocenters. The first-order chi connectivity index (χ1) is 14.3. The molecule has 0 spiro atoms. The number of esters is 1. The highest BCUT2D eigenvalue weighted by Gasteiger charge is 2.31. The fraction of sp³-hybridized carbons (Fsp3) is 0.600. The number of amides is 1. The van der Waals surface area contributed by atoms with Gasteiger partial charge in [-0.25, -0.2) is 4.79 Å². The van der Waals surface area contributed by atoms with Gasteiger partial charge in [0.2, 0.25) is 5.91 Å². The summed E-state index contributed by atoms with van der Waals surface area (Å²) in [6, 6.07) is 6.98. The molecule has 2 aliphatic rings. The van der Waals surface area contributed by atoms with Crippen LogP contribution in [0.2, 0.25) is 0 Å². The van der Waals surface area contributed by atoms with Crippen molar-refractivity contribution >= 4 is 11.9 Å². The molecule has 5 nitrogen and oxygen atoms in total. The maximum atomic E-state index is 13.4. The van der Waals surface area contributed by atoms with Crippen molar-refractivity contribution in [2.24, 2.45) is 23.7 Å². The van der Waals surface area contributed by atoms with Crippen LogP contribution in [0.4, 0.5) is 0 Å². The summed E-state index contributed by atoms with van der Waals surface area (Å²) >= 11 is 0. The van der Waals surface area contributed by atoms with E-state index in [1.165, 1.54) is 7.11 Å². The second kappa shape index (κ2) is 11.8. The highest BCUT2D eigenvalue weighted by atomic mass is 16.5. The predicted molar refractivity (Wildman–Crippen MR) is 119 cm³/mol. The lowest BCUT2D eigenvalue weighted by molar-refractivity contribution is -0.145. The zero-order valence-electron chi connectivity index (χ0n) is 19.0. The van der Waals surface area contributed by atoms with Crippen LogP contribution in [0.3, 0.4) is 0 Å². The lowest BCUT2D eigenvalue weighted by Gasteiger charge is -2.28. The van der Waals surface area contributed by atoms with Crippen molar-refractivity contribution in [3.63, 3.8) is 0 Å². The molecule has 0 saturated carbocycles. The fourth-order valence-corrected chi connectivity index (χ4v) is 3.86. The molecule has 1 N–H and O–H groups in total. The number of rotatable bonds is 5. The molecule has 0 aliphatic carbocycles. The fourth-order valence-electron chi connectivity index (χ4n) is 3.86. The number of hydrogen-bond acceptors (Lipinski definition) is 4. The Bertz CT molecular complexity index is 708. The molecule has 2 aliphatic heterocycles. The number of benzene rings is 1. The minimum Gasteiger partial charge on any atom is -0.494 e. The van der Waals surface area contributed by atoms with Crippen LogP contribution >= 0.6 is 0 Å². The molecule has 30 heavy (non-hydrogen) atoms. The van der Waals surface area contributed by atoms with Crippen LogP contribution in [0, 0.1) is 23.7 Å². The maximum Gasteiger partial charge on any atom is 0.328 e. The van der Waals surface area contributed by atoms with Crippen molar-refractivity contribution in [1.82, 2.24) is 5.32 Å². The highest BCUT2D eigenvalue weighted by molar-refractivity contribution is 5.86. The van der Waals surface area contributed by atoms with Gasteiger partial charge in [0.25, 0.3) is 0 Å². The van der Waals surface area contributed by atoms with Crippen LogP contribution in [0.5, 0.6) is 5.75 Å².